The van der Waals surface area contributed by atoms with E-state index in [9.17, 15) is 21.6 Å². The van der Waals surface area contributed by atoms with Crippen molar-refractivity contribution in [1.82, 2.24) is 5.32 Å². The molecular formula is C12H16F3NO2S2. The van der Waals surface area contributed by atoms with Gasteiger partial charge in [-0.1, -0.05) is 12.1 Å². The van der Waals surface area contributed by atoms with Gasteiger partial charge in [0.25, 0.3) is 0 Å². The summed E-state index contributed by atoms with van der Waals surface area (Å²) in [6, 6.07) is 6.09. The number of benzene rings is 1. The molecule has 8 heteroatoms. The molecule has 0 saturated heterocycles. The molecule has 3 nitrogen and oxygen atoms in total. The van der Waals surface area contributed by atoms with E-state index >= 15 is 0 Å². The molecule has 0 aliphatic rings. The second-order valence-corrected chi connectivity index (χ2v) is 7.75. The minimum atomic E-state index is -4.27. The summed E-state index contributed by atoms with van der Waals surface area (Å²) in [5, 5.41) is 3.05. The monoisotopic (exact) mass is 327 g/mol. The first-order chi connectivity index (χ1) is 9.16. The summed E-state index contributed by atoms with van der Waals surface area (Å²) in [5.74, 6) is 0.126. The van der Waals surface area contributed by atoms with Crippen molar-refractivity contribution in [3.05, 3.63) is 29.8 Å². The topological polar surface area (TPSA) is 46.2 Å². The molecule has 0 bridgehead atoms. The zero-order valence-electron chi connectivity index (χ0n) is 10.9. The standard InChI is InChI=1S/C12H16F3NO2S2/c1-20(17,18)8-2-7-16-9-10-3-5-11(6-4-10)19-12(13,14)15/h3-6,16H,2,7-9H2,1H3. The van der Waals surface area contributed by atoms with E-state index in [4.69, 9.17) is 0 Å². The number of hydrogen-bond acceptors (Lipinski definition) is 4. The van der Waals surface area contributed by atoms with Crippen molar-refractivity contribution in [2.45, 2.75) is 23.4 Å². The van der Waals surface area contributed by atoms with Gasteiger partial charge in [-0.25, -0.2) is 8.42 Å². The van der Waals surface area contributed by atoms with E-state index in [0.717, 1.165) is 5.56 Å². The van der Waals surface area contributed by atoms with Crippen molar-refractivity contribution in [3.63, 3.8) is 0 Å². The summed E-state index contributed by atoms with van der Waals surface area (Å²) < 4.78 is 58.2. The Balaban J connectivity index is 2.32. The van der Waals surface area contributed by atoms with Crippen molar-refractivity contribution in [2.75, 3.05) is 18.6 Å². The molecule has 0 atom stereocenters. The van der Waals surface area contributed by atoms with Crippen LogP contribution >= 0.6 is 11.8 Å². The SMILES string of the molecule is CS(=O)(=O)CCCNCc1ccc(SC(F)(F)F)cc1. The van der Waals surface area contributed by atoms with Gasteiger partial charge in [-0.3, -0.25) is 0 Å². The minimum absolute atomic E-state index is 0.126. The lowest BCUT2D eigenvalue weighted by Gasteiger charge is -2.07. The number of halogens is 3. The molecule has 0 heterocycles. The van der Waals surface area contributed by atoms with Crippen molar-refractivity contribution in [3.8, 4) is 0 Å². The van der Waals surface area contributed by atoms with Crippen LogP contribution in [0.5, 0.6) is 0 Å². The molecule has 1 N–H and O–H groups in total. The van der Waals surface area contributed by atoms with Crippen molar-refractivity contribution in [2.24, 2.45) is 0 Å². The van der Waals surface area contributed by atoms with Crippen molar-refractivity contribution >= 4 is 21.6 Å². The Bertz CT molecular complexity index is 512. The maximum absolute atomic E-state index is 12.1. The fraction of sp³-hybridized carbons (Fsp3) is 0.500. The third kappa shape index (κ3) is 8.44. The van der Waals surface area contributed by atoms with Crippen LogP contribution in [0.25, 0.3) is 0 Å². The predicted octanol–water partition coefficient (Wildman–Crippen LogP) is 2.82. The molecule has 0 aliphatic heterocycles. The molecule has 20 heavy (non-hydrogen) atoms. The average molecular weight is 327 g/mol. The summed E-state index contributed by atoms with van der Waals surface area (Å²) in [5.41, 5.74) is -3.42. The van der Waals surface area contributed by atoms with E-state index in [1.165, 1.54) is 18.4 Å². The van der Waals surface area contributed by atoms with Gasteiger partial charge >= 0.3 is 5.51 Å². The van der Waals surface area contributed by atoms with Gasteiger partial charge in [-0.2, -0.15) is 13.2 Å². The van der Waals surface area contributed by atoms with Crippen LogP contribution < -0.4 is 5.32 Å². The Morgan fingerprint density at radius 2 is 1.80 bits per heavy atom. The number of sulfone groups is 1. The van der Waals surface area contributed by atoms with Gasteiger partial charge in [0.05, 0.1) is 5.75 Å². The third-order valence-electron chi connectivity index (χ3n) is 2.35. The van der Waals surface area contributed by atoms with Crippen LogP contribution in [0.4, 0.5) is 13.2 Å². The highest BCUT2D eigenvalue weighted by Gasteiger charge is 2.28. The predicted molar refractivity (Wildman–Crippen MR) is 74.4 cm³/mol. The van der Waals surface area contributed by atoms with Crippen molar-refractivity contribution < 1.29 is 21.6 Å². The highest BCUT2D eigenvalue weighted by molar-refractivity contribution is 8.00. The molecule has 114 valence electrons. The van der Waals surface area contributed by atoms with Crippen LogP contribution in [0.2, 0.25) is 0 Å². The molecule has 1 aromatic carbocycles. The van der Waals surface area contributed by atoms with E-state index in [0.29, 0.717) is 19.5 Å². The van der Waals surface area contributed by atoms with Gasteiger partial charge in [-0.05, 0) is 42.4 Å². The Labute approximate surface area is 120 Å². The lowest BCUT2D eigenvalue weighted by molar-refractivity contribution is -0.0328. The molecule has 0 unspecified atom stereocenters. The maximum atomic E-state index is 12.1. The minimum Gasteiger partial charge on any atom is -0.313 e. The smallest absolute Gasteiger partial charge is 0.313 e. The summed E-state index contributed by atoms with van der Waals surface area (Å²) in [6.07, 6.45) is 1.70. The first-order valence-electron chi connectivity index (χ1n) is 5.89. The Morgan fingerprint density at radius 1 is 1.20 bits per heavy atom. The first kappa shape index (κ1) is 17.3. The fourth-order valence-corrected chi connectivity index (χ4v) is 2.71. The third-order valence-corrected chi connectivity index (χ3v) is 4.12. The van der Waals surface area contributed by atoms with E-state index in [1.807, 2.05) is 0 Å². The van der Waals surface area contributed by atoms with Crippen LogP contribution in [-0.2, 0) is 16.4 Å². The molecule has 0 saturated carbocycles. The molecule has 0 spiro atoms. The second kappa shape index (κ2) is 7.33. The number of rotatable bonds is 7. The first-order valence-corrected chi connectivity index (χ1v) is 8.76. The van der Waals surface area contributed by atoms with Gasteiger partial charge < -0.3 is 5.32 Å². The summed E-state index contributed by atoms with van der Waals surface area (Å²) in [7, 11) is -2.94. The Kier molecular flexibility index (Phi) is 6.35. The second-order valence-electron chi connectivity index (χ2n) is 4.35. The molecule has 0 aliphatic carbocycles. The van der Waals surface area contributed by atoms with E-state index < -0.39 is 15.3 Å². The Morgan fingerprint density at radius 3 is 2.30 bits per heavy atom. The van der Waals surface area contributed by atoms with Gasteiger partial charge in [0.1, 0.15) is 9.84 Å². The van der Waals surface area contributed by atoms with Crippen LogP contribution in [0.1, 0.15) is 12.0 Å². The Hall–Kier alpha value is -0.730. The van der Waals surface area contributed by atoms with Gasteiger partial charge in [0.15, 0.2) is 0 Å². The molecule has 1 rings (SSSR count). The van der Waals surface area contributed by atoms with Crippen molar-refractivity contribution in [1.29, 1.82) is 0 Å². The number of alkyl halides is 3. The molecular weight excluding hydrogens is 311 g/mol. The summed E-state index contributed by atoms with van der Waals surface area (Å²) in [4.78, 5) is 0.151. The number of hydrogen-bond donors (Lipinski definition) is 1. The highest BCUT2D eigenvalue weighted by atomic mass is 32.2. The zero-order valence-corrected chi connectivity index (χ0v) is 12.5. The van der Waals surface area contributed by atoms with E-state index in [1.54, 1.807) is 12.1 Å². The quantitative estimate of drug-likeness (QED) is 0.618. The lowest BCUT2D eigenvalue weighted by atomic mass is 10.2. The average Bonchev–Trinajstić information content (AvgIpc) is 2.27. The zero-order chi connectivity index (χ0) is 15.2. The van der Waals surface area contributed by atoms with Crippen LogP contribution in [0.3, 0.4) is 0 Å². The van der Waals surface area contributed by atoms with Gasteiger partial charge in [0, 0.05) is 17.7 Å². The van der Waals surface area contributed by atoms with Crippen LogP contribution in [0.15, 0.2) is 29.2 Å². The van der Waals surface area contributed by atoms with Gasteiger partial charge in [-0.15, -0.1) is 0 Å². The normalized spacial score (nSPS) is 12.6. The number of thioether (sulfide) groups is 1. The summed E-state index contributed by atoms with van der Waals surface area (Å²) >= 11 is -0.143. The largest absolute Gasteiger partial charge is 0.446 e. The van der Waals surface area contributed by atoms with Crippen LogP contribution in [-0.4, -0.2) is 32.5 Å². The molecule has 0 fully saturated rings. The van der Waals surface area contributed by atoms with Gasteiger partial charge in [0.2, 0.25) is 0 Å². The van der Waals surface area contributed by atoms with E-state index in [2.05, 4.69) is 5.32 Å². The van der Waals surface area contributed by atoms with E-state index in [-0.39, 0.29) is 22.4 Å². The molecule has 0 aromatic heterocycles. The fourth-order valence-electron chi connectivity index (χ4n) is 1.50. The molecule has 0 radical (unpaired) electrons. The highest BCUT2D eigenvalue weighted by Crippen LogP contribution is 2.36. The lowest BCUT2D eigenvalue weighted by Crippen LogP contribution is -2.17. The molecule has 0 amide bonds. The summed E-state index contributed by atoms with van der Waals surface area (Å²) in [6.45, 7) is 1.05. The maximum Gasteiger partial charge on any atom is 0.446 e. The van der Waals surface area contributed by atoms with Crippen LogP contribution in [0, 0.1) is 0 Å². The number of nitrogens with one attached hydrogen (secondary N) is 1. The molecule has 1 aromatic rings.